The maximum absolute atomic E-state index is 6.22. The number of hydrogen-bond acceptors (Lipinski definition) is 7. The molecule has 7 nitrogen and oxygen atoms in total. The van der Waals surface area contributed by atoms with Crippen molar-refractivity contribution in [2.24, 2.45) is 0 Å². The number of thiophene rings is 1. The van der Waals surface area contributed by atoms with Crippen LogP contribution >= 0.6 is 22.9 Å². The minimum absolute atomic E-state index is 0.253. The van der Waals surface area contributed by atoms with Gasteiger partial charge in [-0.15, -0.1) is 16.4 Å². The van der Waals surface area contributed by atoms with Gasteiger partial charge in [-0.25, -0.2) is 19.5 Å². The summed E-state index contributed by atoms with van der Waals surface area (Å²) in [5.74, 6) is 2.33. The second-order valence-electron chi connectivity index (χ2n) is 7.98. The van der Waals surface area contributed by atoms with Gasteiger partial charge in [-0.05, 0) is 62.2 Å². The van der Waals surface area contributed by atoms with Gasteiger partial charge >= 0.3 is 0 Å². The lowest BCUT2D eigenvalue weighted by Crippen LogP contribution is -1.94. The number of benzene rings is 1. The van der Waals surface area contributed by atoms with Crippen molar-refractivity contribution >= 4 is 49.0 Å². The molecule has 5 aromatic heterocycles. The topological polar surface area (TPSA) is 78.3 Å². The van der Waals surface area contributed by atoms with Crippen molar-refractivity contribution < 1.29 is 9.15 Å². The highest BCUT2D eigenvalue weighted by molar-refractivity contribution is 7.26. The molecule has 0 unspecified atom stereocenters. The Bertz CT molecular complexity index is 1680. The van der Waals surface area contributed by atoms with Gasteiger partial charge in [-0.2, -0.15) is 0 Å². The zero-order chi connectivity index (χ0) is 22.7. The zero-order valence-corrected chi connectivity index (χ0v) is 19.7. The fourth-order valence-electron chi connectivity index (χ4n) is 3.92. The SMILES string of the molecule is Cc1ccc(Cl)c(OCc2ccc(-c3nc4c5sc6nc(C)cc(C)c6c5ncn4n3)o2)c1. The molecular formula is C24H18ClN5O2S. The van der Waals surface area contributed by atoms with Gasteiger partial charge in [0.15, 0.2) is 11.4 Å². The molecule has 0 atom stereocenters. The van der Waals surface area contributed by atoms with E-state index in [0.29, 0.717) is 28.1 Å². The fourth-order valence-corrected chi connectivity index (χ4v) is 5.32. The molecule has 1 aromatic carbocycles. The van der Waals surface area contributed by atoms with Crippen LogP contribution in [0.4, 0.5) is 0 Å². The van der Waals surface area contributed by atoms with Gasteiger partial charge in [0.25, 0.3) is 0 Å². The molecular weight excluding hydrogens is 458 g/mol. The summed E-state index contributed by atoms with van der Waals surface area (Å²) < 4.78 is 14.4. The van der Waals surface area contributed by atoms with E-state index in [9.17, 15) is 0 Å². The number of furan rings is 1. The predicted molar refractivity (Wildman–Crippen MR) is 129 cm³/mol. The molecule has 0 radical (unpaired) electrons. The molecule has 0 bridgehead atoms. The standard InChI is InChI=1S/C24H18ClN5O2S/c1-12-4-6-16(25)18(8-12)31-10-15-5-7-17(32-15)22-28-23-21-20(26-11-30(23)29-22)19-13(2)9-14(3)27-24(19)33-21/h4-9,11H,10H2,1-3H3. The van der Waals surface area contributed by atoms with Gasteiger partial charge < -0.3 is 9.15 Å². The number of halogens is 1. The highest BCUT2D eigenvalue weighted by atomic mass is 35.5. The van der Waals surface area contributed by atoms with Crippen LogP contribution in [0, 0.1) is 20.8 Å². The second-order valence-corrected chi connectivity index (χ2v) is 9.38. The van der Waals surface area contributed by atoms with E-state index in [0.717, 1.165) is 42.9 Å². The van der Waals surface area contributed by atoms with Crippen molar-refractivity contribution in [1.82, 2.24) is 24.6 Å². The van der Waals surface area contributed by atoms with Crippen LogP contribution in [0.25, 0.3) is 37.7 Å². The van der Waals surface area contributed by atoms with E-state index in [1.165, 1.54) is 0 Å². The molecule has 0 amide bonds. The minimum Gasteiger partial charge on any atom is -0.484 e. The number of nitrogens with zero attached hydrogens (tertiary/aromatic N) is 5. The Morgan fingerprint density at radius 1 is 1.09 bits per heavy atom. The number of aromatic nitrogens is 5. The third-order valence-corrected chi connectivity index (χ3v) is 6.81. The van der Waals surface area contributed by atoms with E-state index in [1.807, 2.05) is 44.2 Å². The summed E-state index contributed by atoms with van der Waals surface area (Å²) in [6, 6.07) is 11.4. The normalized spacial score (nSPS) is 11.8. The number of ether oxygens (including phenoxy) is 1. The maximum Gasteiger partial charge on any atom is 0.218 e. The van der Waals surface area contributed by atoms with Gasteiger partial charge in [0, 0.05) is 11.1 Å². The van der Waals surface area contributed by atoms with Crippen molar-refractivity contribution in [2.75, 3.05) is 0 Å². The summed E-state index contributed by atoms with van der Waals surface area (Å²) >= 11 is 7.80. The Hall–Kier alpha value is -3.49. The lowest BCUT2D eigenvalue weighted by Gasteiger charge is -2.07. The average Bonchev–Trinajstić information content (AvgIpc) is 3.49. The number of aryl methyl sites for hydroxylation is 3. The average molecular weight is 476 g/mol. The molecule has 0 aliphatic carbocycles. The van der Waals surface area contributed by atoms with E-state index >= 15 is 0 Å². The Kier molecular flexibility index (Phi) is 4.60. The van der Waals surface area contributed by atoms with E-state index in [2.05, 4.69) is 28.1 Å². The molecule has 0 spiro atoms. The van der Waals surface area contributed by atoms with Gasteiger partial charge in [0.2, 0.25) is 5.82 Å². The molecule has 33 heavy (non-hydrogen) atoms. The van der Waals surface area contributed by atoms with Crippen molar-refractivity contribution in [3.63, 3.8) is 0 Å². The van der Waals surface area contributed by atoms with Crippen LogP contribution in [0.2, 0.25) is 5.02 Å². The Balaban J connectivity index is 1.35. The summed E-state index contributed by atoms with van der Waals surface area (Å²) in [5, 5.41) is 6.21. The molecule has 0 saturated carbocycles. The molecule has 6 rings (SSSR count). The van der Waals surface area contributed by atoms with E-state index < -0.39 is 0 Å². The Morgan fingerprint density at radius 2 is 1.97 bits per heavy atom. The van der Waals surface area contributed by atoms with Gasteiger partial charge in [0.05, 0.1) is 10.5 Å². The fraction of sp³-hybridized carbons (Fsp3) is 0.167. The largest absolute Gasteiger partial charge is 0.484 e. The third-order valence-electron chi connectivity index (χ3n) is 5.43. The first-order chi connectivity index (χ1) is 16.0. The monoisotopic (exact) mass is 475 g/mol. The zero-order valence-electron chi connectivity index (χ0n) is 18.1. The van der Waals surface area contributed by atoms with Crippen LogP contribution in [0.15, 0.2) is 47.1 Å². The number of hydrogen-bond donors (Lipinski definition) is 0. The summed E-state index contributed by atoms with van der Waals surface area (Å²) in [5.41, 5.74) is 4.85. The lowest BCUT2D eigenvalue weighted by molar-refractivity contribution is 0.272. The molecule has 0 fully saturated rings. The summed E-state index contributed by atoms with van der Waals surface area (Å²) in [6.07, 6.45) is 1.69. The molecule has 0 N–H and O–H groups in total. The Labute approximate surface area is 197 Å². The summed E-state index contributed by atoms with van der Waals surface area (Å²) in [4.78, 5) is 15.0. The molecule has 5 heterocycles. The predicted octanol–water partition coefficient (Wildman–Crippen LogP) is 6.30. The van der Waals surface area contributed by atoms with Crippen molar-refractivity contribution in [3.05, 3.63) is 70.3 Å². The lowest BCUT2D eigenvalue weighted by atomic mass is 10.1. The molecule has 9 heteroatoms. The van der Waals surface area contributed by atoms with Crippen LogP contribution in [0.5, 0.6) is 5.75 Å². The van der Waals surface area contributed by atoms with Gasteiger partial charge in [0.1, 0.15) is 34.0 Å². The minimum atomic E-state index is 0.253. The van der Waals surface area contributed by atoms with E-state index in [4.69, 9.17) is 25.7 Å². The summed E-state index contributed by atoms with van der Waals surface area (Å²) in [7, 11) is 0. The van der Waals surface area contributed by atoms with E-state index in [-0.39, 0.29) is 6.61 Å². The summed E-state index contributed by atoms with van der Waals surface area (Å²) in [6.45, 7) is 6.33. The number of pyridine rings is 1. The van der Waals surface area contributed by atoms with Gasteiger partial charge in [-0.3, -0.25) is 0 Å². The maximum atomic E-state index is 6.22. The second kappa shape index (κ2) is 7.54. The van der Waals surface area contributed by atoms with E-state index in [1.54, 1.807) is 22.2 Å². The first-order valence-corrected chi connectivity index (χ1v) is 11.6. The van der Waals surface area contributed by atoms with Crippen molar-refractivity contribution in [1.29, 1.82) is 0 Å². The van der Waals surface area contributed by atoms with Crippen molar-refractivity contribution in [2.45, 2.75) is 27.4 Å². The third kappa shape index (κ3) is 3.42. The van der Waals surface area contributed by atoms with Crippen LogP contribution in [0.3, 0.4) is 0 Å². The van der Waals surface area contributed by atoms with Crippen LogP contribution in [-0.2, 0) is 6.61 Å². The molecule has 0 aliphatic heterocycles. The molecule has 164 valence electrons. The first kappa shape index (κ1) is 20.1. The highest BCUT2D eigenvalue weighted by Gasteiger charge is 2.18. The molecule has 0 aliphatic rings. The first-order valence-electron chi connectivity index (χ1n) is 10.4. The quantitative estimate of drug-likeness (QED) is 0.297. The highest BCUT2D eigenvalue weighted by Crippen LogP contribution is 2.36. The van der Waals surface area contributed by atoms with Gasteiger partial charge in [-0.1, -0.05) is 17.7 Å². The Morgan fingerprint density at radius 3 is 2.85 bits per heavy atom. The van der Waals surface area contributed by atoms with Crippen molar-refractivity contribution in [3.8, 4) is 17.3 Å². The van der Waals surface area contributed by atoms with Crippen LogP contribution in [-0.4, -0.2) is 24.6 Å². The molecule has 0 saturated heterocycles. The number of fused-ring (bicyclic) bond motifs is 5. The van der Waals surface area contributed by atoms with Crippen LogP contribution < -0.4 is 4.74 Å². The number of rotatable bonds is 4. The smallest absolute Gasteiger partial charge is 0.218 e. The van der Waals surface area contributed by atoms with Crippen LogP contribution in [0.1, 0.15) is 22.6 Å². The molecule has 6 aromatic rings.